The molecule has 1 aliphatic rings. The molecule has 1 aromatic heterocycles. The standard InChI is InChI=1S/C60H48BN.2C2H6/c1-37-29-39(3)58(40(4)30-37)46-26-28-57-54(35-46)61(59-41(5)31-38(2)32-42(59)6)55-36-47(51-24-16-14-22-49(51)44-19-11-8-12-20-44)34-53-52-33-45(25-27-56(52)62(57)60(53)55)50-23-15-13-21-48(50)43-17-9-7-10-18-43;2*1-2/h7-36H,1-6H3;2*1-2H3. The molecular weight excluding hydrogens is 794 g/mol. The summed E-state index contributed by atoms with van der Waals surface area (Å²) in [4.78, 5) is 0. The molecule has 0 saturated carbocycles. The second kappa shape index (κ2) is 18.4. The summed E-state index contributed by atoms with van der Waals surface area (Å²) in [5, 5.41) is 2.54. The van der Waals surface area contributed by atoms with Crippen molar-refractivity contribution in [2.45, 2.75) is 69.2 Å². The van der Waals surface area contributed by atoms with Crippen molar-refractivity contribution in [3.63, 3.8) is 0 Å². The predicted octanol–water partition coefficient (Wildman–Crippen LogP) is 15.9. The van der Waals surface area contributed by atoms with Crippen LogP contribution in [0.5, 0.6) is 0 Å². The van der Waals surface area contributed by atoms with Gasteiger partial charge in [-0.05, 0) is 143 Å². The molecule has 0 radical (unpaired) electrons. The van der Waals surface area contributed by atoms with E-state index in [1.165, 1.54) is 133 Å². The summed E-state index contributed by atoms with van der Waals surface area (Å²) in [6.45, 7) is 21.6. The smallest absolute Gasteiger partial charge is 0.247 e. The Hall–Kier alpha value is -7.16. The predicted molar refractivity (Wildman–Crippen MR) is 290 cm³/mol. The molecular formula is C64H60BN. The van der Waals surface area contributed by atoms with E-state index in [0.717, 1.165) is 0 Å². The first kappa shape index (κ1) is 44.1. The van der Waals surface area contributed by atoms with E-state index in [1.807, 2.05) is 27.7 Å². The molecule has 0 saturated heterocycles. The van der Waals surface area contributed by atoms with E-state index in [-0.39, 0.29) is 6.71 Å². The van der Waals surface area contributed by atoms with Gasteiger partial charge in [0, 0.05) is 22.0 Å². The monoisotopic (exact) mass is 853 g/mol. The van der Waals surface area contributed by atoms with Gasteiger partial charge < -0.3 is 4.57 Å². The Labute approximate surface area is 393 Å². The van der Waals surface area contributed by atoms with Gasteiger partial charge in [0.15, 0.2) is 0 Å². The highest BCUT2D eigenvalue weighted by molar-refractivity contribution is 6.98. The second-order valence-electron chi connectivity index (χ2n) is 17.6. The van der Waals surface area contributed by atoms with Gasteiger partial charge in [0.25, 0.3) is 0 Å². The van der Waals surface area contributed by atoms with E-state index in [9.17, 15) is 0 Å². The van der Waals surface area contributed by atoms with E-state index >= 15 is 0 Å². The lowest BCUT2D eigenvalue weighted by atomic mass is 9.34. The van der Waals surface area contributed by atoms with Gasteiger partial charge in [-0.3, -0.25) is 0 Å². The van der Waals surface area contributed by atoms with Gasteiger partial charge in [-0.2, -0.15) is 0 Å². The summed E-state index contributed by atoms with van der Waals surface area (Å²) < 4.78 is 2.59. The van der Waals surface area contributed by atoms with E-state index in [2.05, 4.69) is 228 Å². The first-order valence-electron chi connectivity index (χ1n) is 24.0. The molecule has 0 aliphatic carbocycles. The van der Waals surface area contributed by atoms with Crippen LogP contribution in [0.15, 0.2) is 182 Å². The zero-order valence-electron chi connectivity index (χ0n) is 40.3. The van der Waals surface area contributed by atoms with Crippen LogP contribution in [0.4, 0.5) is 0 Å². The molecule has 1 nitrogen and oxygen atoms in total. The number of aromatic nitrogens is 1. The van der Waals surface area contributed by atoms with Crippen molar-refractivity contribution in [2.24, 2.45) is 0 Å². The number of rotatable bonds is 6. The highest BCUT2D eigenvalue weighted by Gasteiger charge is 2.36. The zero-order valence-corrected chi connectivity index (χ0v) is 40.3. The van der Waals surface area contributed by atoms with Gasteiger partial charge in [0.2, 0.25) is 6.71 Å². The molecule has 0 bridgehead atoms. The molecule has 11 rings (SSSR count). The van der Waals surface area contributed by atoms with Crippen LogP contribution in [0.3, 0.4) is 0 Å². The molecule has 9 aromatic carbocycles. The van der Waals surface area contributed by atoms with Crippen LogP contribution in [0.25, 0.3) is 83.1 Å². The van der Waals surface area contributed by atoms with Crippen molar-refractivity contribution in [2.75, 3.05) is 0 Å². The molecule has 0 atom stereocenters. The topological polar surface area (TPSA) is 4.93 Å². The molecule has 0 spiro atoms. The maximum atomic E-state index is 2.59. The molecule has 0 amide bonds. The molecule has 0 fully saturated rings. The summed E-state index contributed by atoms with van der Waals surface area (Å²) in [6.07, 6.45) is 0. The maximum Gasteiger partial charge on any atom is 0.247 e. The lowest BCUT2D eigenvalue weighted by Gasteiger charge is -2.30. The van der Waals surface area contributed by atoms with Gasteiger partial charge >= 0.3 is 0 Å². The molecule has 324 valence electrons. The average Bonchev–Trinajstić information content (AvgIpc) is 3.67. The van der Waals surface area contributed by atoms with Gasteiger partial charge in [-0.25, -0.2) is 0 Å². The number of hydrogen-bond donors (Lipinski definition) is 0. The Morgan fingerprint density at radius 3 is 1.33 bits per heavy atom. The second-order valence-corrected chi connectivity index (χ2v) is 17.6. The summed E-state index contributed by atoms with van der Waals surface area (Å²) in [5.74, 6) is 0. The SMILES string of the molecule is CC.CC.Cc1cc(C)c(B2c3cc(-c4c(C)cc(C)cc4C)ccc3-n3c4ccc(-c5ccccc5-c5ccccc5)cc4c4cc(-c5ccccc5-c5ccccc5)cc2c43)c(C)c1. The molecule has 2 heterocycles. The van der Waals surface area contributed by atoms with Crippen LogP contribution < -0.4 is 16.4 Å². The normalized spacial score (nSPS) is 11.5. The Morgan fingerprint density at radius 1 is 0.348 bits per heavy atom. The minimum atomic E-state index is 0.0121. The van der Waals surface area contributed by atoms with Crippen molar-refractivity contribution >= 4 is 44.9 Å². The highest BCUT2D eigenvalue weighted by atomic mass is 15.0. The van der Waals surface area contributed by atoms with Crippen molar-refractivity contribution < 1.29 is 0 Å². The fraction of sp³-hybridized carbons (Fsp3) is 0.156. The number of nitrogens with zero attached hydrogens (tertiary/aromatic N) is 1. The third-order valence-corrected chi connectivity index (χ3v) is 13.4. The summed E-state index contributed by atoms with van der Waals surface area (Å²) in [5.41, 5.74) is 28.2. The number of aryl methyl sites for hydroxylation is 6. The van der Waals surface area contributed by atoms with Crippen LogP contribution in [0, 0.1) is 41.5 Å². The zero-order chi connectivity index (χ0) is 46.2. The van der Waals surface area contributed by atoms with E-state index in [1.54, 1.807) is 0 Å². The van der Waals surface area contributed by atoms with Gasteiger partial charge in [-0.15, -0.1) is 0 Å². The molecule has 10 aromatic rings. The van der Waals surface area contributed by atoms with Gasteiger partial charge in [-0.1, -0.05) is 213 Å². The van der Waals surface area contributed by atoms with Gasteiger partial charge in [0.05, 0.1) is 5.52 Å². The largest absolute Gasteiger partial charge is 0.310 e. The third-order valence-electron chi connectivity index (χ3n) is 13.4. The first-order chi connectivity index (χ1) is 32.2. The van der Waals surface area contributed by atoms with Gasteiger partial charge in [0.1, 0.15) is 0 Å². The Bertz CT molecular complexity index is 3360. The Morgan fingerprint density at radius 2 is 0.788 bits per heavy atom. The molecule has 1 aliphatic heterocycles. The first-order valence-corrected chi connectivity index (χ1v) is 24.0. The molecule has 66 heavy (non-hydrogen) atoms. The summed E-state index contributed by atoms with van der Waals surface area (Å²) >= 11 is 0. The molecule has 0 unspecified atom stereocenters. The number of benzene rings is 9. The molecule has 0 N–H and O–H groups in total. The Kier molecular flexibility index (Phi) is 12.3. The maximum absolute atomic E-state index is 2.59. The van der Waals surface area contributed by atoms with Crippen LogP contribution in [-0.4, -0.2) is 11.3 Å². The minimum absolute atomic E-state index is 0.0121. The van der Waals surface area contributed by atoms with Crippen molar-refractivity contribution in [1.29, 1.82) is 0 Å². The summed E-state index contributed by atoms with van der Waals surface area (Å²) in [6, 6.07) is 68.4. The van der Waals surface area contributed by atoms with Crippen molar-refractivity contribution in [3.05, 3.63) is 215 Å². The third kappa shape index (κ3) is 7.59. The van der Waals surface area contributed by atoms with E-state index in [4.69, 9.17) is 0 Å². The van der Waals surface area contributed by atoms with E-state index in [0.29, 0.717) is 0 Å². The van der Waals surface area contributed by atoms with Crippen molar-refractivity contribution in [1.82, 2.24) is 4.57 Å². The fourth-order valence-electron chi connectivity index (χ4n) is 11.1. The van der Waals surface area contributed by atoms with Crippen LogP contribution >= 0.6 is 0 Å². The summed E-state index contributed by atoms with van der Waals surface area (Å²) in [7, 11) is 0. The van der Waals surface area contributed by atoms with Crippen LogP contribution in [-0.2, 0) is 0 Å². The molecule has 2 heteroatoms. The van der Waals surface area contributed by atoms with Crippen LogP contribution in [0.1, 0.15) is 61.1 Å². The Balaban J connectivity index is 0.00000133. The quantitative estimate of drug-likeness (QED) is 0.147. The number of hydrogen-bond acceptors (Lipinski definition) is 0. The minimum Gasteiger partial charge on any atom is -0.310 e. The lowest BCUT2D eigenvalue weighted by Crippen LogP contribution is -2.57. The fourth-order valence-corrected chi connectivity index (χ4v) is 11.1. The lowest BCUT2D eigenvalue weighted by molar-refractivity contribution is 1.19. The highest BCUT2D eigenvalue weighted by Crippen LogP contribution is 2.42. The van der Waals surface area contributed by atoms with Crippen LogP contribution in [0.2, 0.25) is 0 Å². The van der Waals surface area contributed by atoms with Crippen molar-refractivity contribution in [3.8, 4) is 61.3 Å². The number of fused-ring (bicyclic) bond motifs is 5. The average molecular weight is 854 g/mol. The van der Waals surface area contributed by atoms with E-state index < -0.39 is 0 Å².